The van der Waals surface area contributed by atoms with Gasteiger partial charge in [0.1, 0.15) is 0 Å². The molecule has 1 aliphatic rings. The Bertz CT molecular complexity index is 240. The molecule has 4 nitrogen and oxygen atoms in total. The summed E-state index contributed by atoms with van der Waals surface area (Å²) in [5.41, 5.74) is 0.468. The summed E-state index contributed by atoms with van der Waals surface area (Å²) in [5, 5.41) is 3.25. The summed E-state index contributed by atoms with van der Waals surface area (Å²) in [6.07, 6.45) is 1.19. The maximum atomic E-state index is 11.2. The minimum Gasteiger partial charge on any atom is -0.463 e. The lowest BCUT2D eigenvalue weighted by Gasteiger charge is -2.16. The molecule has 2 unspecified atom stereocenters. The second-order valence-corrected chi connectivity index (χ2v) is 3.68. The third kappa shape index (κ3) is 3.64. The molecule has 0 aromatic heterocycles. The Morgan fingerprint density at radius 3 is 2.93 bits per heavy atom. The van der Waals surface area contributed by atoms with E-state index in [1.165, 1.54) is 0 Å². The van der Waals surface area contributed by atoms with E-state index < -0.39 is 0 Å². The number of rotatable bonds is 5. The molecule has 4 heteroatoms. The predicted octanol–water partition coefficient (Wildman–Crippen LogP) is 0.873. The minimum absolute atomic E-state index is 0.208. The highest BCUT2D eigenvalue weighted by Crippen LogP contribution is 2.12. The Balaban J connectivity index is 2.24. The standard InChI is InChI=1S/C11H19NO3/c1-4-14-11(13)8(2)7-12-10-5-6-15-9(10)3/h9-10,12H,2,4-7H2,1,3H3. The van der Waals surface area contributed by atoms with E-state index in [4.69, 9.17) is 9.47 Å². The molecular weight excluding hydrogens is 194 g/mol. The van der Waals surface area contributed by atoms with Crippen LogP contribution in [0.1, 0.15) is 20.3 Å². The molecule has 1 aliphatic heterocycles. The van der Waals surface area contributed by atoms with Crippen molar-refractivity contribution < 1.29 is 14.3 Å². The average molecular weight is 213 g/mol. The van der Waals surface area contributed by atoms with Crippen LogP contribution in [0.3, 0.4) is 0 Å². The number of carbonyl (C=O) groups is 1. The van der Waals surface area contributed by atoms with E-state index in [1.807, 2.05) is 6.92 Å². The Morgan fingerprint density at radius 2 is 2.40 bits per heavy atom. The van der Waals surface area contributed by atoms with Crippen molar-refractivity contribution in [2.24, 2.45) is 0 Å². The van der Waals surface area contributed by atoms with Crippen molar-refractivity contribution in [1.29, 1.82) is 0 Å². The molecule has 15 heavy (non-hydrogen) atoms. The van der Waals surface area contributed by atoms with Crippen LogP contribution < -0.4 is 5.32 Å². The van der Waals surface area contributed by atoms with E-state index in [2.05, 4.69) is 11.9 Å². The van der Waals surface area contributed by atoms with Crippen molar-refractivity contribution >= 4 is 5.97 Å². The van der Waals surface area contributed by atoms with E-state index in [0.29, 0.717) is 24.8 Å². The molecule has 1 N–H and O–H groups in total. The van der Waals surface area contributed by atoms with Gasteiger partial charge in [-0.1, -0.05) is 6.58 Å². The number of hydrogen-bond donors (Lipinski definition) is 1. The van der Waals surface area contributed by atoms with Gasteiger partial charge in [0.2, 0.25) is 0 Å². The monoisotopic (exact) mass is 213 g/mol. The van der Waals surface area contributed by atoms with E-state index >= 15 is 0 Å². The predicted molar refractivity (Wildman–Crippen MR) is 57.6 cm³/mol. The number of carbonyl (C=O) groups excluding carboxylic acids is 1. The molecule has 0 aromatic rings. The first kappa shape index (κ1) is 12.2. The fraction of sp³-hybridized carbons (Fsp3) is 0.727. The van der Waals surface area contributed by atoms with Gasteiger partial charge in [0, 0.05) is 24.8 Å². The van der Waals surface area contributed by atoms with Crippen molar-refractivity contribution in [3.8, 4) is 0 Å². The van der Waals surface area contributed by atoms with Crippen LogP contribution in [-0.4, -0.2) is 37.9 Å². The lowest BCUT2D eigenvalue weighted by Crippen LogP contribution is -2.36. The Morgan fingerprint density at radius 1 is 1.67 bits per heavy atom. The highest BCUT2D eigenvalue weighted by Gasteiger charge is 2.24. The van der Waals surface area contributed by atoms with E-state index in [-0.39, 0.29) is 12.1 Å². The van der Waals surface area contributed by atoms with Crippen LogP contribution in [0, 0.1) is 0 Å². The van der Waals surface area contributed by atoms with Gasteiger partial charge in [-0.15, -0.1) is 0 Å². The summed E-state index contributed by atoms with van der Waals surface area (Å²) in [6.45, 7) is 9.13. The van der Waals surface area contributed by atoms with Gasteiger partial charge in [0.25, 0.3) is 0 Å². The molecule has 0 aromatic carbocycles. The zero-order chi connectivity index (χ0) is 11.3. The highest BCUT2D eigenvalue weighted by atomic mass is 16.5. The molecular formula is C11H19NO3. The topological polar surface area (TPSA) is 47.6 Å². The molecule has 2 atom stereocenters. The first-order valence-electron chi connectivity index (χ1n) is 5.35. The molecule has 1 heterocycles. The van der Waals surface area contributed by atoms with Crippen molar-refractivity contribution in [1.82, 2.24) is 5.32 Å². The van der Waals surface area contributed by atoms with Crippen molar-refractivity contribution in [3.05, 3.63) is 12.2 Å². The molecule has 0 bridgehead atoms. The van der Waals surface area contributed by atoms with Crippen LogP contribution in [-0.2, 0) is 14.3 Å². The molecule has 0 spiro atoms. The minimum atomic E-state index is -0.323. The summed E-state index contributed by atoms with van der Waals surface area (Å²) >= 11 is 0. The largest absolute Gasteiger partial charge is 0.463 e. The Kier molecular flexibility index (Phi) is 4.78. The SMILES string of the molecule is C=C(CNC1CCOC1C)C(=O)OCC. The van der Waals surface area contributed by atoms with Crippen LogP contribution in [0.4, 0.5) is 0 Å². The lowest BCUT2D eigenvalue weighted by atomic mass is 10.1. The smallest absolute Gasteiger partial charge is 0.334 e. The number of nitrogens with one attached hydrogen (secondary N) is 1. The van der Waals surface area contributed by atoms with Gasteiger partial charge >= 0.3 is 5.97 Å². The van der Waals surface area contributed by atoms with Crippen LogP contribution in [0.2, 0.25) is 0 Å². The first-order valence-corrected chi connectivity index (χ1v) is 5.35. The van der Waals surface area contributed by atoms with Crippen molar-refractivity contribution in [3.63, 3.8) is 0 Å². The normalized spacial score (nSPS) is 25.2. The molecule has 86 valence electrons. The fourth-order valence-electron chi connectivity index (χ4n) is 1.56. The van der Waals surface area contributed by atoms with E-state index in [1.54, 1.807) is 6.92 Å². The van der Waals surface area contributed by atoms with Gasteiger partial charge in [0.05, 0.1) is 12.7 Å². The third-order valence-electron chi connectivity index (χ3n) is 2.52. The maximum absolute atomic E-state index is 11.2. The summed E-state index contributed by atoms with van der Waals surface area (Å²) < 4.78 is 10.2. The van der Waals surface area contributed by atoms with Crippen LogP contribution in [0.15, 0.2) is 12.2 Å². The summed E-state index contributed by atoms with van der Waals surface area (Å²) in [5.74, 6) is -0.323. The average Bonchev–Trinajstić information content (AvgIpc) is 2.61. The van der Waals surface area contributed by atoms with Crippen LogP contribution in [0.25, 0.3) is 0 Å². The molecule has 0 radical (unpaired) electrons. The van der Waals surface area contributed by atoms with Gasteiger partial charge in [0.15, 0.2) is 0 Å². The Hall–Kier alpha value is -0.870. The second-order valence-electron chi connectivity index (χ2n) is 3.68. The van der Waals surface area contributed by atoms with Crippen molar-refractivity contribution in [2.75, 3.05) is 19.8 Å². The van der Waals surface area contributed by atoms with Crippen LogP contribution in [0.5, 0.6) is 0 Å². The lowest BCUT2D eigenvalue weighted by molar-refractivity contribution is -0.138. The van der Waals surface area contributed by atoms with Gasteiger partial charge in [-0.3, -0.25) is 0 Å². The first-order chi connectivity index (χ1) is 7.15. The second kappa shape index (κ2) is 5.88. The molecule has 0 saturated carbocycles. The molecule has 1 fully saturated rings. The molecule has 1 saturated heterocycles. The van der Waals surface area contributed by atoms with Gasteiger partial charge in [-0.05, 0) is 20.3 Å². The number of hydrogen-bond acceptors (Lipinski definition) is 4. The fourth-order valence-corrected chi connectivity index (χ4v) is 1.56. The summed E-state index contributed by atoms with van der Waals surface area (Å²) in [6, 6.07) is 0.316. The van der Waals surface area contributed by atoms with Gasteiger partial charge in [-0.25, -0.2) is 4.79 Å². The highest BCUT2D eigenvalue weighted by molar-refractivity contribution is 5.88. The quantitative estimate of drug-likeness (QED) is 0.544. The third-order valence-corrected chi connectivity index (χ3v) is 2.52. The zero-order valence-corrected chi connectivity index (χ0v) is 9.41. The zero-order valence-electron chi connectivity index (χ0n) is 9.41. The van der Waals surface area contributed by atoms with Crippen LogP contribution >= 0.6 is 0 Å². The number of ether oxygens (including phenoxy) is 2. The van der Waals surface area contributed by atoms with Gasteiger partial charge < -0.3 is 14.8 Å². The van der Waals surface area contributed by atoms with E-state index in [0.717, 1.165) is 13.0 Å². The number of esters is 1. The van der Waals surface area contributed by atoms with Gasteiger partial charge in [-0.2, -0.15) is 0 Å². The molecule has 1 rings (SSSR count). The summed E-state index contributed by atoms with van der Waals surface area (Å²) in [7, 11) is 0. The Labute approximate surface area is 90.6 Å². The molecule has 0 aliphatic carbocycles. The van der Waals surface area contributed by atoms with Crippen molar-refractivity contribution in [2.45, 2.75) is 32.4 Å². The summed E-state index contributed by atoms with van der Waals surface area (Å²) in [4.78, 5) is 11.2. The maximum Gasteiger partial charge on any atom is 0.334 e. The molecule has 0 amide bonds. The van der Waals surface area contributed by atoms with E-state index in [9.17, 15) is 4.79 Å².